The number of hydrogen-bond acceptors (Lipinski definition) is 9. The Kier molecular flexibility index (Phi) is 15.1. The molecule has 4 amide bonds. The van der Waals surface area contributed by atoms with Crippen molar-refractivity contribution in [3.05, 3.63) is 126 Å². The monoisotopic (exact) mass is 810 g/mol. The molecular weight excluding hydrogens is 757 g/mol. The molecular formula is C44H54N6O9. The number of aliphatic carboxylic acids is 1. The molecule has 4 aromatic rings. The lowest BCUT2D eigenvalue weighted by atomic mass is 9.77. The first kappa shape index (κ1) is 45.2. The van der Waals surface area contributed by atoms with Crippen molar-refractivity contribution in [2.45, 2.75) is 103 Å². The Morgan fingerprint density at radius 2 is 1.19 bits per heavy atom. The lowest BCUT2D eigenvalue weighted by Gasteiger charge is -2.37. The van der Waals surface area contributed by atoms with Crippen molar-refractivity contribution in [1.82, 2.24) is 30.8 Å². The first-order valence-corrected chi connectivity index (χ1v) is 19.3. The highest BCUT2D eigenvalue weighted by atomic mass is 16.6. The summed E-state index contributed by atoms with van der Waals surface area (Å²) in [7, 11) is 0. The zero-order valence-corrected chi connectivity index (χ0v) is 34.5. The molecule has 4 rings (SSSR count). The number of carbonyl (C=O) groups is 6. The van der Waals surface area contributed by atoms with Crippen LogP contribution in [0.15, 0.2) is 104 Å². The van der Waals surface area contributed by atoms with Gasteiger partial charge in [-0.1, -0.05) is 91.0 Å². The number of rotatable bonds is 17. The lowest BCUT2D eigenvalue weighted by Crippen LogP contribution is -2.56. The van der Waals surface area contributed by atoms with Gasteiger partial charge >= 0.3 is 18.0 Å². The molecule has 15 nitrogen and oxygen atoms in total. The van der Waals surface area contributed by atoms with Crippen molar-refractivity contribution in [1.29, 1.82) is 0 Å². The molecule has 0 aliphatic heterocycles. The molecule has 15 heteroatoms. The first-order valence-electron chi connectivity index (χ1n) is 19.3. The van der Waals surface area contributed by atoms with Crippen molar-refractivity contribution >= 4 is 35.8 Å². The number of benzene rings is 3. The average molecular weight is 811 g/mol. The predicted molar refractivity (Wildman–Crippen MR) is 219 cm³/mol. The van der Waals surface area contributed by atoms with Crippen LogP contribution < -0.4 is 21.3 Å². The van der Waals surface area contributed by atoms with E-state index in [1.54, 1.807) is 47.9 Å². The van der Waals surface area contributed by atoms with Crippen molar-refractivity contribution in [3.8, 4) is 0 Å². The summed E-state index contributed by atoms with van der Waals surface area (Å²) in [6.07, 6.45) is 2.02. The summed E-state index contributed by atoms with van der Waals surface area (Å²) in [5, 5.41) is 19.0. The number of carboxylic acids is 1. The van der Waals surface area contributed by atoms with E-state index in [-0.39, 0.29) is 19.3 Å². The average Bonchev–Trinajstić information content (AvgIpc) is 3.63. The van der Waals surface area contributed by atoms with E-state index in [9.17, 15) is 28.8 Å². The maximum absolute atomic E-state index is 14.0. The molecule has 0 unspecified atom stereocenters. The van der Waals surface area contributed by atoms with Crippen LogP contribution >= 0.6 is 0 Å². The molecule has 0 aliphatic rings. The minimum Gasteiger partial charge on any atom is -0.480 e. The van der Waals surface area contributed by atoms with E-state index in [0.717, 1.165) is 16.7 Å². The molecule has 314 valence electrons. The van der Waals surface area contributed by atoms with Gasteiger partial charge in [-0.05, 0) is 71.6 Å². The van der Waals surface area contributed by atoms with Crippen molar-refractivity contribution in [2.75, 3.05) is 6.54 Å². The van der Waals surface area contributed by atoms with E-state index in [4.69, 9.17) is 19.6 Å². The molecule has 0 aliphatic carbocycles. The smallest absolute Gasteiger partial charge is 0.408 e. The largest absolute Gasteiger partial charge is 0.480 e. The number of amides is 4. The fourth-order valence-electron chi connectivity index (χ4n) is 6.39. The van der Waals surface area contributed by atoms with E-state index in [0.29, 0.717) is 5.69 Å². The summed E-state index contributed by atoms with van der Waals surface area (Å²) in [5.74, 6) is -4.35. The van der Waals surface area contributed by atoms with Crippen molar-refractivity contribution in [3.63, 3.8) is 0 Å². The van der Waals surface area contributed by atoms with Gasteiger partial charge in [-0.3, -0.25) is 24.0 Å². The maximum atomic E-state index is 14.0. The van der Waals surface area contributed by atoms with Gasteiger partial charge in [-0.15, -0.1) is 0 Å². The Bertz CT molecular complexity index is 1960. The molecule has 3 aromatic carbocycles. The Labute approximate surface area is 344 Å². The van der Waals surface area contributed by atoms with Gasteiger partial charge in [-0.25, -0.2) is 9.78 Å². The number of alkyl carbamates (subject to hydrolysis) is 1. The van der Waals surface area contributed by atoms with Gasteiger partial charge in [0.1, 0.15) is 41.4 Å². The summed E-state index contributed by atoms with van der Waals surface area (Å²) in [6.45, 7) is 10.7. The minimum absolute atomic E-state index is 0.114. The molecule has 3 atom stereocenters. The molecule has 59 heavy (non-hydrogen) atoms. The molecule has 0 saturated heterocycles. The maximum Gasteiger partial charge on any atom is 0.408 e. The number of imidazole rings is 1. The molecule has 0 spiro atoms. The van der Waals surface area contributed by atoms with E-state index < -0.39 is 77.2 Å². The van der Waals surface area contributed by atoms with Gasteiger partial charge in [0.15, 0.2) is 0 Å². The molecule has 0 fully saturated rings. The van der Waals surface area contributed by atoms with E-state index in [1.807, 2.05) is 102 Å². The van der Waals surface area contributed by atoms with Crippen LogP contribution in [0.4, 0.5) is 4.79 Å². The normalized spacial score (nSPS) is 13.2. The summed E-state index contributed by atoms with van der Waals surface area (Å²) < 4.78 is 12.8. The fraction of sp³-hybridized carbons (Fsp3) is 0.386. The number of aromatic nitrogens is 2. The molecule has 0 bridgehead atoms. The second-order valence-corrected chi connectivity index (χ2v) is 16.0. The summed E-state index contributed by atoms with van der Waals surface area (Å²) in [5.41, 5.74) is 0.694. The van der Waals surface area contributed by atoms with Gasteiger partial charge in [0.2, 0.25) is 17.7 Å². The Hall–Kier alpha value is -6.51. The number of nitrogens with zero attached hydrogens (tertiary/aromatic N) is 2. The third-order valence-corrected chi connectivity index (χ3v) is 8.87. The SMILES string of the molecule is C[C@H](NC(=O)[C@@H](Cc1cn(C(c2ccccc2)(c2ccccc2)c2ccccc2)cn1)NC(=O)OC(C)(C)C)C(=O)N[C@@H](CCC(=O)OC(C)(C)C)C(=O)NCC(=O)O. The third kappa shape index (κ3) is 13.0. The Morgan fingerprint density at radius 3 is 1.66 bits per heavy atom. The van der Waals surface area contributed by atoms with Crippen LogP contribution in [0.25, 0.3) is 0 Å². The minimum atomic E-state index is -1.34. The Balaban J connectivity index is 1.63. The number of carbonyl (C=O) groups excluding carboxylic acids is 5. The number of nitrogens with one attached hydrogen (secondary N) is 4. The van der Waals surface area contributed by atoms with Crippen LogP contribution in [-0.4, -0.2) is 86.3 Å². The quantitative estimate of drug-likeness (QED) is 0.0747. The van der Waals surface area contributed by atoms with E-state index in [1.165, 1.54) is 6.92 Å². The molecule has 0 saturated carbocycles. The fourth-order valence-corrected chi connectivity index (χ4v) is 6.39. The number of ether oxygens (including phenoxy) is 2. The van der Waals surface area contributed by atoms with Crippen molar-refractivity contribution in [2.24, 2.45) is 0 Å². The topological polar surface area (TPSA) is 207 Å². The number of carboxylic acid groups (broad SMARTS) is 1. The van der Waals surface area contributed by atoms with Crippen LogP contribution in [0.5, 0.6) is 0 Å². The van der Waals surface area contributed by atoms with Crippen LogP contribution in [0.1, 0.15) is 83.7 Å². The molecule has 1 heterocycles. The lowest BCUT2D eigenvalue weighted by molar-refractivity contribution is -0.155. The molecule has 0 radical (unpaired) electrons. The van der Waals surface area contributed by atoms with Crippen LogP contribution in [0.2, 0.25) is 0 Å². The van der Waals surface area contributed by atoms with Crippen LogP contribution in [-0.2, 0) is 45.4 Å². The molecule has 1 aromatic heterocycles. The van der Waals surface area contributed by atoms with E-state index in [2.05, 4.69) is 21.3 Å². The zero-order valence-electron chi connectivity index (χ0n) is 34.5. The highest BCUT2D eigenvalue weighted by Gasteiger charge is 2.39. The highest BCUT2D eigenvalue weighted by Crippen LogP contribution is 2.40. The van der Waals surface area contributed by atoms with Crippen molar-refractivity contribution < 1.29 is 43.3 Å². The van der Waals surface area contributed by atoms with Gasteiger partial charge in [0, 0.05) is 19.0 Å². The summed E-state index contributed by atoms with van der Waals surface area (Å²) >= 11 is 0. The summed E-state index contributed by atoms with van der Waals surface area (Å²) in [4.78, 5) is 81.7. The first-order chi connectivity index (χ1) is 27.8. The van der Waals surface area contributed by atoms with Crippen LogP contribution in [0.3, 0.4) is 0 Å². The van der Waals surface area contributed by atoms with Gasteiger partial charge in [0.25, 0.3) is 0 Å². The van der Waals surface area contributed by atoms with E-state index >= 15 is 0 Å². The number of esters is 1. The zero-order chi connectivity index (χ0) is 43.4. The standard InChI is InChI=1S/C44H54N6O9/c1-29(38(54)48-34(39(55)45-26-36(51)52)23-24-37(53)58-42(2,3)4)47-40(56)35(49-41(57)59-43(5,6)7)25-33-27-50(28-46-33)44(30-17-11-8-12-18-30,31-19-13-9-14-20-31)32-21-15-10-16-22-32/h8-22,27-29,34-35H,23-26H2,1-7H3,(H,45,55)(H,47,56)(H,48,54)(H,49,57)(H,51,52)/t29-,34-,35+/m0/s1. The summed E-state index contributed by atoms with van der Waals surface area (Å²) in [6, 6.07) is 25.9. The predicted octanol–water partition coefficient (Wildman–Crippen LogP) is 4.47. The highest BCUT2D eigenvalue weighted by molar-refractivity contribution is 5.94. The second kappa shape index (κ2) is 19.8. The Morgan fingerprint density at radius 1 is 0.678 bits per heavy atom. The number of hydrogen-bond donors (Lipinski definition) is 5. The third-order valence-electron chi connectivity index (χ3n) is 8.87. The van der Waals surface area contributed by atoms with Gasteiger partial charge in [0.05, 0.1) is 12.0 Å². The van der Waals surface area contributed by atoms with Crippen LogP contribution in [0, 0.1) is 0 Å². The van der Waals surface area contributed by atoms with Gasteiger partial charge in [-0.2, -0.15) is 0 Å². The second-order valence-electron chi connectivity index (χ2n) is 16.0. The molecule has 5 N–H and O–H groups in total. The van der Waals surface area contributed by atoms with Gasteiger partial charge < -0.3 is 40.4 Å².